The molecule has 1 amide bonds. The van der Waals surface area contributed by atoms with Gasteiger partial charge in [0.1, 0.15) is 0 Å². The van der Waals surface area contributed by atoms with E-state index in [0.29, 0.717) is 11.1 Å². The highest BCUT2D eigenvalue weighted by molar-refractivity contribution is 7.13. The zero-order valence-corrected chi connectivity index (χ0v) is 15.7. The predicted molar refractivity (Wildman–Crippen MR) is 97.3 cm³/mol. The third kappa shape index (κ3) is 3.74. The van der Waals surface area contributed by atoms with Crippen LogP contribution in [0.15, 0.2) is 11.4 Å². The number of carbonyl (C=O) groups excluding carboxylic acids is 1. The van der Waals surface area contributed by atoms with Crippen LogP contribution in [0.25, 0.3) is 5.95 Å². The summed E-state index contributed by atoms with van der Waals surface area (Å²) >= 11 is 1.42. The number of amides is 1. The van der Waals surface area contributed by atoms with Crippen molar-refractivity contribution in [3.8, 4) is 5.95 Å². The minimum absolute atomic E-state index is 0.110. The highest BCUT2D eigenvalue weighted by atomic mass is 32.1. The first-order valence-electron chi connectivity index (χ1n) is 7.93. The van der Waals surface area contributed by atoms with Gasteiger partial charge in [0.25, 0.3) is 5.95 Å². The summed E-state index contributed by atoms with van der Waals surface area (Å²) in [6, 6.07) is 1.92. The Morgan fingerprint density at radius 3 is 2.36 bits per heavy atom. The molecule has 0 aromatic carbocycles. The van der Waals surface area contributed by atoms with Gasteiger partial charge in [-0.05, 0) is 40.7 Å². The molecule has 0 spiro atoms. The van der Waals surface area contributed by atoms with Gasteiger partial charge in [-0.1, -0.05) is 0 Å². The summed E-state index contributed by atoms with van der Waals surface area (Å²) in [5.41, 5.74) is 5.21. The molecule has 8 heteroatoms. The number of carbonyl (C=O) groups is 1. The monoisotopic (exact) mass is 356 g/mol. The van der Waals surface area contributed by atoms with Crippen molar-refractivity contribution in [3.05, 3.63) is 45.5 Å². The van der Waals surface area contributed by atoms with Crippen LogP contribution in [-0.4, -0.2) is 30.6 Å². The Hall–Kier alpha value is -2.61. The van der Waals surface area contributed by atoms with Crippen LogP contribution in [0, 0.1) is 34.6 Å². The molecule has 0 fully saturated rings. The molecule has 25 heavy (non-hydrogen) atoms. The zero-order chi connectivity index (χ0) is 18.1. The summed E-state index contributed by atoms with van der Waals surface area (Å²) in [5.74, 6) is 0.418. The molecule has 0 saturated carbocycles. The Balaban J connectivity index is 1.85. The van der Waals surface area contributed by atoms with Gasteiger partial charge in [-0.3, -0.25) is 4.79 Å². The molecule has 3 rings (SSSR count). The summed E-state index contributed by atoms with van der Waals surface area (Å²) in [5, 5.41) is 9.88. The first-order valence-corrected chi connectivity index (χ1v) is 8.81. The highest BCUT2D eigenvalue weighted by Gasteiger charge is 2.18. The average molecular weight is 356 g/mol. The van der Waals surface area contributed by atoms with Gasteiger partial charge in [0, 0.05) is 28.0 Å². The second kappa shape index (κ2) is 6.72. The maximum absolute atomic E-state index is 12.3. The Bertz CT molecular complexity index is 923. The van der Waals surface area contributed by atoms with Crippen molar-refractivity contribution in [1.29, 1.82) is 0 Å². The molecule has 0 unspecified atom stereocenters. The molecular formula is C17H20N6OS. The van der Waals surface area contributed by atoms with Crippen molar-refractivity contribution in [2.24, 2.45) is 0 Å². The largest absolute Gasteiger partial charge is 0.302 e. The minimum atomic E-state index is -0.110. The number of hydrogen-bond acceptors (Lipinski definition) is 6. The van der Waals surface area contributed by atoms with E-state index in [1.54, 1.807) is 4.68 Å². The Morgan fingerprint density at radius 2 is 1.76 bits per heavy atom. The van der Waals surface area contributed by atoms with Gasteiger partial charge in [-0.25, -0.2) is 19.6 Å². The van der Waals surface area contributed by atoms with E-state index in [4.69, 9.17) is 0 Å². The normalized spacial score (nSPS) is 10.9. The van der Waals surface area contributed by atoms with Crippen LogP contribution in [0.2, 0.25) is 0 Å². The van der Waals surface area contributed by atoms with E-state index in [0.717, 1.165) is 34.0 Å². The molecule has 130 valence electrons. The predicted octanol–water partition coefficient (Wildman–Crippen LogP) is 2.84. The number of aryl methyl sites for hydroxylation is 4. The number of nitrogens with one attached hydrogen (secondary N) is 1. The smallest absolute Gasteiger partial charge is 0.251 e. The number of rotatable bonds is 4. The molecule has 1 N–H and O–H groups in total. The first-order chi connectivity index (χ1) is 11.8. The standard InChI is InChI=1S/C17H20N6OS/c1-9-6-10(2)19-16(18-9)23-13(5)14(12(4)22-23)7-15(24)21-17-20-11(3)8-25-17/h6,8H,7H2,1-5H3,(H,20,21,24). The zero-order valence-electron chi connectivity index (χ0n) is 14.9. The second-order valence-electron chi connectivity index (χ2n) is 6.03. The summed E-state index contributed by atoms with van der Waals surface area (Å²) < 4.78 is 1.70. The number of hydrogen-bond donors (Lipinski definition) is 1. The Labute approximate surface area is 150 Å². The summed E-state index contributed by atoms with van der Waals surface area (Å²) in [6.07, 6.45) is 0.237. The van der Waals surface area contributed by atoms with Crippen molar-refractivity contribution in [2.45, 2.75) is 41.0 Å². The van der Waals surface area contributed by atoms with E-state index in [9.17, 15) is 4.79 Å². The van der Waals surface area contributed by atoms with Crippen LogP contribution in [0.4, 0.5) is 5.13 Å². The highest BCUT2D eigenvalue weighted by Crippen LogP contribution is 2.19. The number of anilines is 1. The number of thiazole rings is 1. The molecule has 0 aliphatic heterocycles. The fraction of sp³-hybridized carbons (Fsp3) is 0.353. The van der Waals surface area contributed by atoms with Gasteiger partial charge in [0.15, 0.2) is 5.13 Å². The lowest BCUT2D eigenvalue weighted by molar-refractivity contribution is -0.115. The fourth-order valence-corrected chi connectivity index (χ4v) is 3.37. The Kier molecular flexibility index (Phi) is 4.63. The average Bonchev–Trinajstić information content (AvgIpc) is 3.04. The summed E-state index contributed by atoms with van der Waals surface area (Å²) in [6.45, 7) is 9.57. The summed E-state index contributed by atoms with van der Waals surface area (Å²) in [4.78, 5) is 25.5. The van der Waals surface area contributed by atoms with Crippen molar-refractivity contribution < 1.29 is 4.79 Å². The van der Waals surface area contributed by atoms with E-state index in [1.165, 1.54) is 11.3 Å². The van der Waals surface area contributed by atoms with Gasteiger partial charge in [-0.2, -0.15) is 5.10 Å². The molecule has 3 heterocycles. The van der Waals surface area contributed by atoms with Crippen LogP contribution in [0.1, 0.15) is 34.0 Å². The molecule has 3 aromatic rings. The molecule has 0 radical (unpaired) electrons. The fourth-order valence-electron chi connectivity index (χ4n) is 2.66. The molecule has 0 aliphatic rings. The molecular weight excluding hydrogens is 336 g/mol. The SMILES string of the molecule is Cc1cc(C)nc(-n2nc(C)c(CC(=O)Nc3nc(C)cs3)c2C)n1. The van der Waals surface area contributed by atoms with E-state index >= 15 is 0 Å². The van der Waals surface area contributed by atoms with Gasteiger partial charge in [0.2, 0.25) is 5.91 Å². The lowest BCUT2D eigenvalue weighted by Gasteiger charge is -2.06. The minimum Gasteiger partial charge on any atom is -0.302 e. The number of aromatic nitrogens is 5. The van der Waals surface area contributed by atoms with E-state index in [1.807, 2.05) is 46.1 Å². The van der Waals surface area contributed by atoms with Crippen LogP contribution >= 0.6 is 11.3 Å². The maximum atomic E-state index is 12.3. The molecule has 0 bridgehead atoms. The third-order valence-corrected chi connectivity index (χ3v) is 4.68. The van der Waals surface area contributed by atoms with Crippen LogP contribution in [0.5, 0.6) is 0 Å². The lowest BCUT2D eigenvalue weighted by Crippen LogP contribution is -2.15. The molecule has 3 aromatic heterocycles. The van der Waals surface area contributed by atoms with Gasteiger partial charge in [-0.15, -0.1) is 11.3 Å². The number of nitrogens with zero attached hydrogens (tertiary/aromatic N) is 5. The topological polar surface area (TPSA) is 85.6 Å². The van der Waals surface area contributed by atoms with Gasteiger partial charge < -0.3 is 5.32 Å². The van der Waals surface area contributed by atoms with Gasteiger partial charge >= 0.3 is 0 Å². The molecule has 0 aliphatic carbocycles. The van der Waals surface area contributed by atoms with Crippen molar-refractivity contribution >= 4 is 22.4 Å². The lowest BCUT2D eigenvalue weighted by atomic mass is 10.1. The molecule has 7 nitrogen and oxygen atoms in total. The van der Waals surface area contributed by atoms with Crippen molar-refractivity contribution in [2.75, 3.05) is 5.32 Å². The maximum Gasteiger partial charge on any atom is 0.251 e. The van der Waals surface area contributed by atoms with Crippen LogP contribution in [0.3, 0.4) is 0 Å². The molecule has 0 saturated heterocycles. The van der Waals surface area contributed by atoms with Crippen molar-refractivity contribution in [3.63, 3.8) is 0 Å². The van der Waals surface area contributed by atoms with Gasteiger partial charge in [0.05, 0.1) is 17.8 Å². The molecule has 0 atom stereocenters. The van der Waals surface area contributed by atoms with Crippen LogP contribution in [-0.2, 0) is 11.2 Å². The third-order valence-electron chi connectivity index (χ3n) is 3.80. The Morgan fingerprint density at radius 1 is 1.08 bits per heavy atom. The van der Waals surface area contributed by atoms with E-state index < -0.39 is 0 Å². The van der Waals surface area contributed by atoms with E-state index in [2.05, 4.69) is 25.4 Å². The van der Waals surface area contributed by atoms with Crippen molar-refractivity contribution in [1.82, 2.24) is 24.7 Å². The second-order valence-corrected chi connectivity index (χ2v) is 6.89. The van der Waals surface area contributed by atoms with Crippen LogP contribution < -0.4 is 5.32 Å². The summed E-state index contributed by atoms with van der Waals surface area (Å²) in [7, 11) is 0. The first kappa shape index (κ1) is 17.2. The quantitative estimate of drug-likeness (QED) is 0.777. The van der Waals surface area contributed by atoms with E-state index in [-0.39, 0.29) is 12.3 Å².